The number of likely N-dealkylation sites (N-methyl/N-ethyl adjacent to an activating group) is 1. The summed E-state index contributed by atoms with van der Waals surface area (Å²) >= 11 is 0. The first kappa shape index (κ1) is 13.0. The van der Waals surface area contributed by atoms with Gasteiger partial charge in [0, 0.05) is 27.3 Å². The van der Waals surface area contributed by atoms with Crippen LogP contribution < -0.4 is 5.32 Å². The van der Waals surface area contributed by atoms with Gasteiger partial charge in [-0.3, -0.25) is 9.48 Å². The fourth-order valence-corrected chi connectivity index (χ4v) is 2.47. The molecule has 18 heavy (non-hydrogen) atoms. The van der Waals surface area contributed by atoms with Crippen molar-refractivity contribution < 1.29 is 4.79 Å². The number of amides is 1. The number of piperidine rings is 1. The molecule has 1 saturated heterocycles. The van der Waals surface area contributed by atoms with Crippen molar-refractivity contribution in [2.75, 3.05) is 20.6 Å². The van der Waals surface area contributed by atoms with Crippen LogP contribution in [0.3, 0.4) is 0 Å². The minimum atomic E-state index is -0.0459. The summed E-state index contributed by atoms with van der Waals surface area (Å²) in [7, 11) is 5.48. The van der Waals surface area contributed by atoms with Crippen LogP contribution in [0.15, 0.2) is 6.20 Å². The molecule has 1 aromatic heterocycles. The Labute approximate surface area is 107 Å². The number of hydrogen-bond acceptors (Lipinski definition) is 4. The topological polar surface area (TPSA) is 63.1 Å². The van der Waals surface area contributed by atoms with Gasteiger partial charge in [0.2, 0.25) is 5.91 Å². The highest BCUT2D eigenvalue weighted by molar-refractivity contribution is 5.81. The Balaban J connectivity index is 1.92. The SMILES string of the molecule is CN(C)C(=O)C1CC(Cc2cn(C)nn2)CCN1. The van der Waals surface area contributed by atoms with Crippen molar-refractivity contribution in [2.45, 2.75) is 25.3 Å². The molecule has 2 rings (SSSR count). The van der Waals surface area contributed by atoms with Gasteiger partial charge in [-0.1, -0.05) is 5.21 Å². The molecule has 6 nitrogen and oxygen atoms in total. The molecule has 0 aliphatic carbocycles. The zero-order chi connectivity index (χ0) is 13.1. The van der Waals surface area contributed by atoms with Crippen molar-refractivity contribution in [2.24, 2.45) is 13.0 Å². The molecule has 2 heterocycles. The monoisotopic (exact) mass is 251 g/mol. The van der Waals surface area contributed by atoms with Crippen LogP contribution in [0.4, 0.5) is 0 Å². The maximum Gasteiger partial charge on any atom is 0.239 e. The van der Waals surface area contributed by atoms with Gasteiger partial charge < -0.3 is 10.2 Å². The third kappa shape index (κ3) is 3.07. The van der Waals surface area contributed by atoms with Crippen molar-refractivity contribution in [3.05, 3.63) is 11.9 Å². The Bertz CT molecular complexity index is 414. The van der Waals surface area contributed by atoms with E-state index in [1.165, 1.54) is 0 Å². The molecule has 0 spiro atoms. The molecule has 1 aliphatic rings. The van der Waals surface area contributed by atoms with E-state index < -0.39 is 0 Å². The Morgan fingerprint density at radius 1 is 1.61 bits per heavy atom. The number of nitrogens with one attached hydrogen (secondary N) is 1. The predicted molar refractivity (Wildman–Crippen MR) is 67.9 cm³/mol. The van der Waals surface area contributed by atoms with E-state index >= 15 is 0 Å². The van der Waals surface area contributed by atoms with Gasteiger partial charge in [0.1, 0.15) is 0 Å². The molecule has 0 aromatic carbocycles. The molecule has 0 radical (unpaired) electrons. The number of rotatable bonds is 3. The van der Waals surface area contributed by atoms with Crippen molar-refractivity contribution in [1.29, 1.82) is 0 Å². The van der Waals surface area contributed by atoms with Crippen LogP contribution in [0.5, 0.6) is 0 Å². The van der Waals surface area contributed by atoms with E-state index in [1.54, 1.807) is 23.7 Å². The van der Waals surface area contributed by atoms with E-state index in [2.05, 4.69) is 15.6 Å². The Kier molecular flexibility index (Phi) is 3.96. The molecule has 1 fully saturated rings. The summed E-state index contributed by atoms with van der Waals surface area (Å²) in [6.45, 7) is 0.898. The first-order valence-electron chi connectivity index (χ1n) is 6.36. The van der Waals surface area contributed by atoms with E-state index in [0.717, 1.165) is 31.5 Å². The molecule has 100 valence electrons. The van der Waals surface area contributed by atoms with E-state index in [-0.39, 0.29) is 11.9 Å². The first-order valence-corrected chi connectivity index (χ1v) is 6.36. The fourth-order valence-electron chi connectivity index (χ4n) is 2.47. The van der Waals surface area contributed by atoms with E-state index in [1.807, 2.05) is 13.2 Å². The highest BCUT2D eigenvalue weighted by Crippen LogP contribution is 2.20. The lowest BCUT2D eigenvalue weighted by atomic mass is 9.88. The lowest BCUT2D eigenvalue weighted by Crippen LogP contribution is -2.48. The smallest absolute Gasteiger partial charge is 0.239 e. The highest BCUT2D eigenvalue weighted by Gasteiger charge is 2.28. The number of aryl methyl sites for hydroxylation is 1. The average molecular weight is 251 g/mol. The second-order valence-electron chi connectivity index (χ2n) is 5.22. The minimum absolute atomic E-state index is 0.0459. The van der Waals surface area contributed by atoms with Gasteiger partial charge in [0.05, 0.1) is 11.7 Å². The molecule has 2 atom stereocenters. The summed E-state index contributed by atoms with van der Waals surface area (Å²) in [6, 6.07) is -0.0459. The summed E-state index contributed by atoms with van der Waals surface area (Å²) in [4.78, 5) is 13.6. The van der Waals surface area contributed by atoms with E-state index in [9.17, 15) is 4.79 Å². The zero-order valence-corrected chi connectivity index (χ0v) is 11.3. The fraction of sp³-hybridized carbons (Fsp3) is 0.750. The van der Waals surface area contributed by atoms with Crippen LogP contribution in [0.2, 0.25) is 0 Å². The molecule has 6 heteroatoms. The number of hydrogen-bond donors (Lipinski definition) is 1. The molecule has 1 aromatic rings. The molecule has 0 bridgehead atoms. The maximum absolute atomic E-state index is 11.9. The van der Waals surface area contributed by atoms with Crippen LogP contribution in [-0.2, 0) is 18.3 Å². The first-order chi connectivity index (χ1) is 8.56. The molecular weight excluding hydrogens is 230 g/mol. The number of carbonyl (C=O) groups is 1. The lowest BCUT2D eigenvalue weighted by Gasteiger charge is -2.30. The predicted octanol–water partition coefficient (Wildman–Crippen LogP) is -0.186. The van der Waals surface area contributed by atoms with Crippen molar-refractivity contribution in [3.8, 4) is 0 Å². The molecule has 1 aliphatic heterocycles. The number of aromatic nitrogens is 3. The molecule has 2 unspecified atom stereocenters. The summed E-state index contributed by atoms with van der Waals surface area (Å²) in [6.07, 6.45) is 4.83. The number of carbonyl (C=O) groups excluding carboxylic acids is 1. The number of nitrogens with zero attached hydrogens (tertiary/aromatic N) is 4. The third-order valence-electron chi connectivity index (χ3n) is 3.40. The summed E-state index contributed by atoms with van der Waals surface area (Å²) in [5, 5.41) is 11.3. The molecular formula is C12H21N5O. The zero-order valence-electron chi connectivity index (χ0n) is 11.3. The van der Waals surface area contributed by atoms with E-state index in [4.69, 9.17) is 0 Å². The van der Waals surface area contributed by atoms with Crippen molar-refractivity contribution >= 4 is 5.91 Å². The highest BCUT2D eigenvalue weighted by atomic mass is 16.2. The normalized spacial score (nSPS) is 23.9. The average Bonchev–Trinajstić information content (AvgIpc) is 2.74. The van der Waals surface area contributed by atoms with Crippen LogP contribution in [0.25, 0.3) is 0 Å². The van der Waals surface area contributed by atoms with Gasteiger partial charge in [0.15, 0.2) is 0 Å². The van der Waals surface area contributed by atoms with Crippen LogP contribution in [0.1, 0.15) is 18.5 Å². The van der Waals surface area contributed by atoms with Crippen LogP contribution in [0, 0.1) is 5.92 Å². The van der Waals surface area contributed by atoms with Crippen molar-refractivity contribution in [1.82, 2.24) is 25.2 Å². The van der Waals surface area contributed by atoms with Gasteiger partial charge in [-0.25, -0.2) is 0 Å². The summed E-state index contributed by atoms with van der Waals surface area (Å²) in [5.74, 6) is 0.677. The Hall–Kier alpha value is -1.43. The quantitative estimate of drug-likeness (QED) is 0.809. The van der Waals surface area contributed by atoms with Crippen LogP contribution in [-0.4, -0.2) is 52.5 Å². The van der Waals surface area contributed by atoms with Gasteiger partial charge in [0.25, 0.3) is 0 Å². The Morgan fingerprint density at radius 2 is 2.39 bits per heavy atom. The summed E-state index contributed by atoms with van der Waals surface area (Å²) in [5.41, 5.74) is 1.01. The molecule has 1 N–H and O–H groups in total. The largest absolute Gasteiger partial charge is 0.347 e. The second-order valence-corrected chi connectivity index (χ2v) is 5.22. The molecule has 0 saturated carbocycles. The lowest BCUT2D eigenvalue weighted by molar-refractivity contribution is -0.131. The molecule has 1 amide bonds. The maximum atomic E-state index is 11.9. The van der Waals surface area contributed by atoms with Gasteiger partial charge in [-0.05, 0) is 31.7 Å². The van der Waals surface area contributed by atoms with Crippen molar-refractivity contribution in [3.63, 3.8) is 0 Å². The second kappa shape index (κ2) is 5.48. The van der Waals surface area contributed by atoms with E-state index in [0.29, 0.717) is 5.92 Å². The van der Waals surface area contributed by atoms with Crippen LogP contribution >= 0.6 is 0 Å². The summed E-state index contributed by atoms with van der Waals surface area (Å²) < 4.78 is 1.72. The Morgan fingerprint density at radius 3 is 3.00 bits per heavy atom. The van der Waals surface area contributed by atoms with Gasteiger partial charge in [-0.15, -0.1) is 5.10 Å². The standard InChI is InChI=1S/C12H21N5O/c1-16(2)12(18)11-7-9(4-5-13-11)6-10-8-17(3)15-14-10/h8-9,11,13H,4-7H2,1-3H3. The van der Waals surface area contributed by atoms with Gasteiger partial charge >= 0.3 is 0 Å². The van der Waals surface area contributed by atoms with Gasteiger partial charge in [-0.2, -0.15) is 0 Å². The minimum Gasteiger partial charge on any atom is -0.347 e. The third-order valence-corrected chi connectivity index (χ3v) is 3.40.